The molecule has 1 aromatic carbocycles. The standard InChI is InChI=1S/C14H9BrF3NO2.BrH/c15-12(9-5-7-19-8-6-9)13(20)10-1-3-11(4-2-10)21-14(16,17)18;/h1-8,12H;1H. The van der Waals surface area contributed by atoms with Crippen LogP contribution in [0.4, 0.5) is 13.2 Å². The molecule has 2 rings (SSSR count). The quantitative estimate of drug-likeness (QED) is 0.502. The van der Waals surface area contributed by atoms with Gasteiger partial charge in [-0.15, -0.1) is 30.2 Å². The van der Waals surface area contributed by atoms with Crippen molar-refractivity contribution in [1.82, 2.24) is 4.98 Å². The number of hydrogen-bond acceptors (Lipinski definition) is 3. The van der Waals surface area contributed by atoms with Gasteiger partial charge in [0.05, 0.1) is 0 Å². The molecule has 0 saturated carbocycles. The van der Waals surface area contributed by atoms with Crippen molar-refractivity contribution >= 4 is 38.7 Å². The summed E-state index contributed by atoms with van der Waals surface area (Å²) in [5.41, 5.74) is 0.994. The molecule has 0 spiro atoms. The Morgan fingerprint density at radius 2 is 1.64 bits per heavy atom. The Morgan fingerprint density at radius 1 is 1.09 bits per heavy atom. The summed E-state index contributed by atoms with van der Waals surface area (Å²) in [5.74, 6) is -0.631. The van der Waals surface area contributed by atoms with E-state index in [1.165, 1.54) is 12.1 Å². The number of ketones is 1. The smallest absolute Gasteiger partial charge is 0.406 e. The highest BCUT2D eigenvalue weighted by molar-refractivity contribution is 9.09. The Kier molecular flexibility index (Phi) is 6.55. The molecule has 0 fully saturated rings. The maximum absolute atomic E-state index is 12.2. The number of halogens is 5. The molecule has 0 N–H and O–H groups in total. The first-order valence-corrected chi connectivity index (χ1v) is 6.72. The maximum atomic E-state index is 12.2. The van der Waals surface area contributed by atoms with Crippen molar-refractivity contribution in [1.29, 1.82) is 0 Å². The van der Waals surface area contributed by atoms with Gasteiger partial charge in [0.15, 0.2) is 5.78 Å². The van der Waals surface area contributed by atoms with E-state index in [9.17, 15) is 18.0 Å². The molecule has 0 aliphatic carbocycles. The number of rotatable bonds is 4. The van der Waals surface area contributed by atoms with Gasteiger partial charge in [0.2, 0.25) is 0 Å². The Morgan fingerprint density at radius 3 is 2.14 bits per heavy atom. The van der Waals surface area contributed by atoms with Crippen LogP contribution in [0.5, 0.6) is 5.75 Å². The molecule has 1 heterocycles. The number of aromatic nitrogens is 1. The Labute approximate surface area is 143 Å². The molecular weight excluding hydrogens is 431 g/mol. The number of Topliss-reactive ketones (excluding diaryl/α,β-unsaturated/α-hetero) is 1. The Balaban J connectivity index is 0.00000242. The topological polar surface area (TPSA) is 39.2 Å². The lowest BCUT2D eigenvalue weighted by Gasteiger charge is -2.11. The van der Waals surface area contributed by atoms with E-state index in [0.717, 1.165) is 12.1 Å². The van der Waals surface area contributed by atoms with Gasteiger partial charge < -0.3 is 4.74 Å². The van der Waals surface area contributed by atoms with Crippen LogP contribution in [0.3, 0.4) is 0 Å². The molecule has 22 heavy (non-hydrogen) atoms. The summed E-state index contributed by atoms with van der Waals surface area (Å²) in [7, 11) is 0. The average molecular weight is 441 g/mol. The van der Waals surface area contributed by atoms with Gasteiger partial charge in [-0.25, -0.2) is 0 Å². The van der Waals surface area contributed by atoms with Crippen molar-refractivity contribution in [2.24, 2.45) is 0 Å². The summed E-state index contributed by atoms with van der Waals surface area (Å²) in [6.45, 7) is 0. The van der Waals surface area contributed by atoms with E-state index in [0.29, 0.717) is 5.56 Å². The van der Waals surface area contributed by atoms with Crippen molar-refractivity contribution < 1.29 is 22.7 Å². The van der Waals surface area contributed by atoms with Gasteiger partial charge in [-0.3, -0.25) is 9.78 Å². The van der Waals surface area contributed by atoms with E-state index in [2.05, 4.69) is 25.7 Å². The number of carbonyl (C=O) groups excluding carboxylic acids is 1. The molecule has 1 atom stereocenters. The zero-order valence-corrected chi connectivity index (χ0v) is 14.2. The fourth-order valence-corrected chi connectivity index (χ4v) is 2.22. The molecule has 2 aromatic rings. The van der Waals surface area contributed by atoms with E-state index in [-0.39, 0.29) is 34.1 Å². The van der Waals surface area contributed by atoms with Gasteiger partial charge in [-0.05, 0) is 42.0 Å². The second-order valence-corrected chi connectivity index (χ2v) is 5.00. The van der Waals surface area contributed by atoms with Crippen molar-refractivity contribution in [3.05, 3.63) is 59.9 Å². The molecule has 3 nitrogen and oxygen atoms in total. The predicted octanol–water partition coefficient (Wildman–Crippen LogP) is 4.88. The number of hydrogen-bond donors (Lipinski definition) is 0. The first-order valence-electron chi connectivity index (χ1n) is 5.81. The van der Waals surface area contributed by atoms with E-state index >= 15 is 0 Å². The third-order valence-electron chi connectivity index (χ3n) is 2.60. The van der Waals surface area contributed by atoms with Crippen molar-refractivity contribution in [2.75, 3.05) is 0 Å². The molecular formula is C14H10Br2F3NO2. The number of carbonyl (C=O) groups is 1. The zero-order chi connectivity index (χ0) is 15.5. The Hall–Kier alpha value is -1.41. The normalized spacial score (nSPS) is 12.2. The lowest BCUT2D eigenvalue weighted by atomic mass is 10.0. The molecule has 0 radical (unpaired) electrons. The van der Waals surface area contributed by atoms with Crippen LogP contribution in [0.15, 0.2) is 48.8 Å². The van der Waals surface area contributed by atoms with Crippen LogP contribution in [-0.2, 0) is 0 Å². The van der Waals surface area contributed by atoms with E-state index in [1.54, 1.807) is 24.5 Å². The van der Waals surface area contributed by atoms with Gasteiger partial charge in [-0.1, -0.05) is 15.9 Å². The average Bonchev–Trinajstić information content (AvgIpc) is 2.46. The van der Waals surface area contributed by atoms with E-state index in [1.807, 2.05) is 0 Å². The van der Waals surface area contributed by atoms with E-state index in [4.69, 9.17) is 0 Å². The first kappa shape index (κ1) is 18.6. The van der Waals surface area contributed by atoms with Crippen LogP contribution in [0.2, 0.25) is 0 Å². The minimum atomic E-state index is -4.75. The summed E-state index contributed by atoms with van der Waals surface area (Å²) in [6, 6.07) is 8.15. The second kappa shape index (κ2) is 7.73. The highest BCUT2D eigenvalue weighted by Gasteiger charge is 2.31. The van der Waals surface area contributed by atoms with Crippen molar-refractivity contribution in [3.63, 3.8) is 0 Å². The molecule has 1 unspecified atom stereocenters. The van der Waals surface area contributed by atoms with Gasteiger partial charge in [-0.2, -0.15) is 0 Å². The SMILES string of the molecule is Br.O=C(c1ccc(OC(F)(F)F)cc1)C(Br)c1ccncc1. The van der Waals surface area contributed by atoms with Crippen LogP contribution in [0.1, 0.15) is 20.7 Å². The lowest BCUT2D eigenvalue weighted by molar-refractivity contribution is -0.274. The fourth-order valence-electron chi connectivity index (χ4n) is 1.65. The Bertz CT molecular complexity index is 618. The van der Waals surface area contributed by atoms with Crippen LogP contribution < -0.4 is 4.74 Å². The third kappa shape index (κ3) is 5.10. The zero-order valence-electron chi connectivity index (χ0n) is 10.9. The summed E-state index contributed by atoms with van der Waals surface area (Å²) in [4.78, 5) is 15.5. The fraction of sp³-hybridized carbons (Fsp3) is 0.143. The van der Waals surface area contributed by atoms with Crippen LogP contribution in [0.25, 0.3) is 0 Å². The molecule has 0 saturated heterocycles. The number of ether oxygens (including phenoxy) is 1. The molecule has 0 aliphatic heterocycles. The molecule has 8 heteroatoms. The third-order valence-corrected chi connectivity index (χ3v) is 3.55. The minimum Gasteiger partial charge on any atom is -0.406 e. The van der Waals surface area contributed by atoms with Gasteiger partial charge in [0.25, 0.3) is 0 Å². The van der Waals surface area contributed by atoms with Crippen LogP contribution >= 0.6 is 32.9 Å². The largest absolute Gasteiger partial charge is 0.573 e. The number of benzene rings is 1. The first-order chi connectivity index (χ1) is 9.87. The van der Waals surface area contributed by atoms with E-state index < -0.39 is 11.2 Å². The molecule has 0 amide bonds. The molecule has 0 aliphatic rings. The number of pyridine rings is 1. The summed E-state index contributed by atoms with van der Waals surface area (Å²) in [5, 5.41) is 0. The highest BCUT2D eigenvalue weighted by Crippen LogP contribution is 2.28. The second-order valence-electron chi connectivity index (χ2n) is 4.08. The molecule has 0 bridgehead atoms. The summed E-state index contributed by atoms with van der Waals surface area (Å²) in [6.07, 6.45) is -1.64. The maximum Gasteiger partial charge on any atom is 0.573 e. The van der Waals surface area contributed by atoms with Crippen molar-refractivity contribution in [3.8, 4) is 5.75 Å². The summed E-state index contributed by atoms with van der Waals surface area (Å²) >= 11 is 3.27. The lowest BCUT2D eigenvalue weighted by Crippen LogP contribution is -2.17. The molecule has 1 aromatic heterocycles. The van der Waals surface area contributed by atoms with Gasteiger partial charge in [0.1, 0.15) is 10.6 Å². The predicted molar refractivity (Wildman–Crippen MR) is 83.7 cm³/mol. The van der Waals surface area contributed by atoms with Crippen LogP contribution in [0, 0.1) is 0 Å². The van der Waals surface area contributed by atoms with Gasteiger partial charge in [0, 0.05) is 18.0 Å². The molecule has 118 valence electrons. The number of nitrogens with zero attached hydrogens (tertiary/aromatic N) is 1. The van der Waals surface area contributed by atoms with Crippen molar-refractivity contribution in [2.45, 2.75) is 11.2 Å². The minimum absolute atomic E-state index is 0. The van der Waals surface area contributed by atoms with Gasteiger partial charge >= 0.3 is 6.36 Å². The highest BCUT2D eigenvalue weighted by atomic mass is 79.9. The summed E-state index contributed by atoms with van der Waals surface area (Å²) < 4.78 is 39.9. The van der Waals surface area contributed by atoms with Crippen LogP contribution in [-0.4, -0.2) is 17.1 Å². The monoisotopic (exact) mass is 439 g/mol. The number of alkyl halides is 4.